The molecular formula is C23H24F3N3O2. The summed E-state index contributed by atoms with van der Waals surface area (Å²) in [7, 11) is 1.48. The second-order valence-corrected chi connectivity index (χ2v) is 7.69. The largest absolute Gasteiger partial charge is 0.416 e. The second-order valence-electron chi connectivity index (χ2n) is 7.69. The van der Waals surface area contributed by atoms with Crippen molar-refractivity contribution >= 4 is 5.91 Å². The average molecular weight is 431 g/mol. The summed E-state index contributed by atoms with van der Waals surface area (Å²) in [6.45, 7) is 4.08. The monoisotopic (exact) mass is 431 g/mol. The molecule has 1 heterocycles. The van der Waals surface area contributed by atoms with E-state index in [0.29, 0.717) is 17.6 Å². The molecule has 0 unspecified atom stereocenters. The minimum absolute atomic E-state index is 0.0516. The van der Waals surface area contributed by atoms with E-state index >= 15 is 0 Å². The SMILES string of the molecule is CC(C)c1ccc(-c2noc(CCC(=O)N(C)Cc3ccccc3C(F)(F)F)n2)cc1. The highest BCUT2D eigenvalue weighted by atomic mass is 19.4. The number of hydrogen-bond donors (Lipinski definition) is 0. The molecule has 0 atom stereocenters. The Morgan fingerprint density at radius 1 is 1.10 bits per heavy atom. The van der Waals surface area contributed by atoms with Gasteiger partial charge in [-0.05, 0) is 23.1 Å². The number of halogens is 3. The molecule has 2 aromatic carbocycles. The molecule has 1 amide bonds. The molecule has 0 fully saturated rings. The van der Waals surface area contributed by atoms with Crippen molar-refractivity contribution in [2.45, 2.75) is 45.3 Å². The third kappa shape index (κ3) is 5.71. The number of nitrogens with zero attached hydrogens (tertiary/aromatic N) is 3. The molecule has 3 rings (SSSR count). The fraction of sp³-hybridized carbons (Fsp3) is 0.348. The standard InChI is InChI=1S/C23H24F3N3O2/c1-15(2)16-8-10-17(11-9-16)22-27-20(31-28-22)12-13-21(30)29(3)14-18-6-4-5-7-19(18)23(24,25)26/h4-11,15H,12-14H2,1-3H3. The molecule has 5 nitrogen and oxygen atoms in total. The topological polar surface area (TPSA) is 59.2 Å². The van der Waals surface area contributed by atoms with Crippen LogP contribution in [0.3, 0.4) is 0 Å². The van der Waals surface area contributed by atoms with E-state index in [4.69, 9.17) is 4.52 Å². The van der Waals surface area contributed by atoms with Crippen molar-refractivity contribution in [1.29, 1.82) is 0 Å². The van der Waals surface area contributed by atoms with Gasteiger partial charge < -0.3 is 9.42 Å². The van der Waals surface area contributed by atoms with Crippen molar-refractivity contribution in [1.82, 2.24) is 15.0 Å². The molecule has 0 spiro atoms. The van der Waals surface area contributed by atoms with Gasteiger partial charge >= 0.3 is 6.18 Å². The summed E-state index contributed by atoms with van der Waals surface area (Å²) in [4.78, 5) is 18.0. The zero-order valence-electron chi connectivity index (χ0n) is 17.6. The summed E-state index contributed by atoms with van der Waals surface area (Å²) in [6, 6.07) is 13.1. The van der Waals surface area contributed by atoms with Crippen LogP contribution in [0, 0.1) is 0 Å². The van der Waals surface area contributed by atoms with E-state index in [1.165, 1.54) is 35.7 Å². The van der Waals surface area contributed by atoms with Gasteiger partial charge in [-0.15, -0.1) is 0 Å². The Morgan fingerprint density at radius 2 is 1.77 bits per heavy atom. The summed E-state index contributed by atoms with van der Waals surface area (Å²) >= 11 is 0. The summed E-state index contributed by atoms with van der Waals surface area (Å²) < 4.78 is 44.7. The van der Waals surface area contributed by atoms with Gasteiger partial charge in [0.2, 0.25) is 17.6 Å². The molecule has 164 valence electrons. The lowest BCUT2D eigenvalue weighted by molar-refractivity contribution is -0.139. The fourth-order valence-electron chi connectivity index (χ4n) is 3.17. The molecule has 3 aromatic rings. The number of rotatable bonds is 7. The Bertz CT molecular complexity index is 1030. The Labute approximate surface area is 178 Å². The van der Waals surface area contributed by atoms with Gasteiger partial charge in [0, 0.05) is 32.0 Å². The van der Waals surface area contributed by atoms with Gasteiger partial charge in [-0.3, -0.25) is 4.79 Å². The van der Waals surface area contributed by atoms with Crippen LogP contribution in [0.1, 0.15) is 48.8 Å². The molecule has 0 bridgehead atoms. The number of aryl methyl sites for hydroxylation is 1. The van der Waals surface area contributed by atoms with Gasteiger partial charge in [-0.1, -0.05) is 61.5 Å². The molecule has 8 heteroatoms. The number of aromatic nitrogens is 2. The summed E-state index contributed by atoms with van der Waals surface area (Å²) in [5.41, 5.74) is 1.33. The highest BCUT2D eigenvalue weighted by molar-refractivity contribution is 5.76. The highest BCUT2D eigenvalue weighted by Crippen LogP contribution is 2.32. The first-order valence-corrected chi connectivity index (χ1v) is 9.97. The maximum absolute atomic E-state index is 13.1. The van der Waals surface area contributed by atoms with Crippen molar-refractivity contribution in [3.63, 3.8) is 0 Å². The summed E-state index contributed by atoms with van der Waals surface area (Å²) in [5, 5.41) is 3.95. The molecule has 0 saturated heterocycles. The molecule has 0 radical (unpaired) electrons. The molecule has 0 N–H and O–H groups in total. The van der Waals surface area contributed by atoms with Crippen molar-refractivity contribution in [3.8, 4) is 11.4 Å². The minimum Gasteiger partial charge on any atom is -0.341 e. The van der Waals surface area contributed by atoms with Crippen LogP contribution >= 0.6 is 0 Å². The third-order valence-electron chi connectivity index (χ3n) is 5.01. The van der Waals surface area contributed by atoms with Crippen LogP contribution < -0.4 is 0 Å². The first kappa shape index (κ1) is 22.5. The lowest BCUT2D eigenvalue weighted by atomic mass is 10.0. The van der Waals surface area contributed by atoms with Crippen molar-refractivity contribution < 1.29 is 22.5 Å². The third-order valence-corrected chi connectivity index (χ3v) is 5.01. The zero-order chi connectivity index (χ0) is 22.6. The predicted octanol–water partition coefficient (Wildman–Crippen LogP) is 5.47. The number of benzene rings is 2. The van der Waals surface area contributed by atoms with Gasteiger partial charge in [-0.25, -0.2) is 0 Å². The van der Waals surface area contributed by atoms with E-state index in [1.807, 2.05) is 24.3 Å². The minimum atomic E-state index is -4.46. The Kier molecular flexibility index (Phi) is 6.77. The number of carbonyl (C=O) groups is 1. The van der Waals surface area contributed by atoms with E-state index in [2.05, 4.69) is 24.0 Å². The molecule has 31 heavy (non-hydrogen) atoms. The van der Waals surface area contributed by atoms with Gasteiger partial charge in [0.15, 0.2) is 0 Å². The van der Waals surface area contributed by atoms with E-state index in [0.717, 1.165) is 11.6 Å². The van der Waals surface area contributed by atoms with Crippen molar-refractivity contribution in [2.24, 2.45) is 0 Å². The number of alkyl halides is 3. The average Bonchev–Trinajstić information content (AvgIpc) is 3.20. The Hall–Kier alpha value is -3.16. The number of carbonyl (C=O) groups excluding carboxylic acids is 1. The van der Waals surface area contributed by atoms with E-state index < -0.39 is 11.7 Å². The van der Waals surface area contributed by atoms with Crippen molar-refractivity contribution in [2.75, 3.05) is 7.05 Å². The van der Waals surface area contributed by atoms with Crippen LogP contribution in [0.4, 0.5) is 13.2 Å². The van der Waals surface area contributed by atoms with Gasteiger partial charge in [0.05, 0.1) is 5.56 Å². The Balaban J connectivity index is 1.59. The second kappa shape index (κ2) is 9.32. The van der Waals surface area contributed by atoms with E-state index in [1.54, 1.807) is 0 Å². The van der Waals surface area contributed by atoms with Gasteiger partial charge in [0.1, 0.15) is 0 Å². The molecule has 0 aliphatic rings. The normalized spacial score (nSPS) is 11.7. The summed E-state index contributed by atoms with van der Waals surface area (Å²) in [6.07, 6.45) is -4.20. The summed E-state index contributed by atoms with van der Waals surface area (Å²) in [5.74, 6) is 0.851. The molecule has 0 aliphatic heterocycles. The van der Waals surface area contributed by atoms with Crippen LogP contribution in [0.2, 0.25) is 0 Å². The van der Waals surface area contributed by atoms with Crippen LogP contribution in [0.25, 0.3) is 11.4 Å². The first-order chi connectivity index (χ1) is 14.6. The van der Waals surface area contributed by atoms with E-state index in [9.17, 15) is 18.0 Å². The fourth-order valence-corrected chi connectivity index (χ4v) is 3.17. The number of hydrogen-bond acceptors (Lipinski definition) is 4. The quantitative estimate of drug-likeness (QED) is 0.498. The first-order valence-electron chi connectivity index (χ1n) is 9.97. The van der Waals surface area contributed by atoms with Gasteiger partial charge in [-0.2, -0.15) is 18.2 Å². The lowest BCUT2D eigenvalue weighted by Gasteiger charge is -2.20. The maximum Gasteiger partial charge on any atom is 0.416 e. The lowest BCUT2D eigenvalue weighted by Crippen LogP contribution is -2.27. The van der Waals surface area contributed by atoms with Crippen LogP contribution in [0.5, 0.6) is 0 Å². The van der Waals surface area contributed by atoms with E-state index in [-0.39, 0.29) is 30.9 Å². The molecular weight excluding hydrogens is 407 g/mol. The van der Waals surface area contributed by atoms with Crippen LogP contribution in [0.15, 0.2) is 53.1 Å². The molecule has 1 aromatic heterocycles. The van der Waals surface area contributed by atoms with Crippen LogP contribution in [-0.2, 0) is 23.9 Å². The highest BCUT2D eigenvalue weighted by Gasteiger charge is 2.33. The smallest absolute Gasteiger partial charge is 0.341 e. The maximum atomic E-state index is 13.1. The molecule has 0 aliphatic carbocycles. The molecule has 0 saturated carbocycles. The number of amides is 1. The predicted molar refractivity (Wildman–Crippen MR) is 110 cm³/mol. The Morgan fingerprint density at radius 3 is 2.42 bits per heavy atom. The zero-order valence-corrected chi connectivity index (χ0v) is 17.6. The van der Waals surface area contributed by atoms with Crippen LogP contribution in [-0.4, -0.2) is 28.0 Å². The van der Waals surface area contributed by atoms with Gasteiger partial charge in [0.25, 0.3) is 0 Å². The van der Waals surface area contributed by atoms with Crippen molar-refractivity contribution in [3.05, 3.63) is 71.1 Å².